The van der Waals surface area contributed by atoms with Gasteiger partial charge in [-0.1, -0.05) is 28.1 Å². The fraction of sp³-hybridized carbons (Fsp3) is 0.286. The van der Waals surface area contributed by atoms with Crippen LogP contribution in [0.15, 0.2) is 28.7 Å². The van der Waals surface area contributed by atoms with Crippen LogP contribution in [0.1, 0.15) is 18.1 Å². The summed E-state index contributed by atoms with van der Waals surface area (Å²) in [5.74, 6) is 1.03. The maximum Gasteiger partial charge on any atom is 0.170 e. The zero-order valence-corrected chi connectivity index (χ0v) is 13.1. The number of nitrogens with zero attached hydrogens (tertiary/aromatic N) is 4. The lowest BCUT2D eigenvalue weighted by Crippen LogP contribution is -2.17. The van der Waals surface area contributed by atoms with E-state index >= 15 is 0 Å². The first-order chi connectivity index (χ1) is 9.56. The highest BCUT2D eigenvalue weighted by molar-refractivity contribution is 9.10. The first-order valence-electron chi connectivity index (χ1n) is 6.28. The molecule has 1 aromatic heterocycles. The number of halogens is 1. The molecule has 0 radical (unpaired) electrons. The Morgan fingerprint density at radius 3 is 2.85 bits per heavy atom. The van der Waals surface area contributed by atoms with Crippen LogP contribution in [0.2, 0.25) is 0 Å². The molecule has 1 heterocycles. The van der Waals surface area contributed by atoms with Gasteiger partial charge in [-0.05, 0) is 24.6 Å². The van der Waals surface area contributed by atoms with Crippen molar-refractivity contribution in [1.82, 2.24) is 9.78 Å². The molecule has 104 valence electrons. The molecule has 2 aromatic rings. The molecule has 0 spiro atoms. The van der Waals surface area contributed by atoms with Crippen LogP contribution in [0.3, 0.4) is 0 Å². The third-order valence-electron chi connectivity index (χ3n) is 3.14. The molecule has 0 fully saturated rings. The predicted octanol–water partition coefficient (Wildman–Crippen LogP) is 2.60. The van der Waals surface area contributed by atoms with E-state index in [2.05, 4.69) is 27.1 Å². The van der Waals surface area contributed by atoms with Gasteiger partial charge < -0.3 is 10.6 Å². The molecule has 0 saturated carbocycles. The van der Waals surface area contributed by atoms with Gasteiger partial charge in [-0.25, -0.2) is 4.68 Å². The first kappa shape index (κ1) is 14.4. The number of rotatable bonds is 4. The van der Waals surface area contributed by atoms with Gasteiger partial charge >= 0.3 is 0 Å². The molecule has 20 heavy (non-hydrogen) atoms. The minimum atomic E-state index is 0.405. The summed E-state index contributed by atoms with van der Waals surface area (Å²) in [4.78, 5) is 1.91. The Morgan fingerprint density at radius 1 is 1.50 bits per heavy atom. The SMILES string of the molecule is CCN(C)c1nn(Cc2cccc(Br)c2)c(N)c1C#N. The average molecular weight is 334 g/mol. The lowest BCUT2D eigenvalue weighted by Gasteiger charge is -2.12. The Bertz CT molecular complexity index is 656. The third kappa shape index (κ3) is 2.78. The monoisotopic (exact) mass is 333 g/mol. The smallest absolute Gasteiger partial charge is 0.170 e. The number of nitriles is 1. The van der Waals surface area contributed by atoms with E-state index in [0.29, 0.717) is 23.7 Å². The van der Waals surface area contributed by atoms with Crippen LogP contribution in [0.25, 0.3) is 0 Å². The minimum Gasteiger partial charge on any atom is -0.383 e. The van der Waals surface area contributed by atoms with Gasteiger partial charge in [0, 0.05) is 18.1 Å². The first-order valence-corrected chi connectivity index (χ1v) is 7.08. The van der Waals surface area contributed by atoms with Gasteiger partial charge in [0.15, 0.2) is 5.82 Å². The fourth-order valence-electron chi connectivity index (χ4n) is 1.91. The number of anilines is 2. The van der Waals surface area contributed by atoms with Crippen LogP contribution in [-0.4, -0.2) is 23.4 Å². The molecule has 0 unspecified atom stereocenters. The van der Waals surface area contributed by atoms with Crippen molar-refractivity contribution in [3.8, 4) is 6.07 Å². The molecule has 0 amide bonds. The summed E-state index contributed by atoms with van der Waals surface area (Å²) in [5.41, 5.74) is 7.54. The largest absolute Gasteiger partial charge is 0.383 e. The quantitative estimate of drug-likeness (QED) is 0.933. The number of benzene rings is 1. The summed E-state index contributed by atoms with van der Waals surface area (Å²) >= 11 is 3.44. The Kier molecular flexibility index (Phi) is 4.30. The number of hydrogen-bond donors (Lipinski definition) is 1. The van der Waals surface area contributed by atoms with Crippen molar-refractivity contribution in [2.24, 2.45) is 0 Å². The summed E-state index contributed by atoms with van der Waals surface area (Å²) in [7, 11) is 1.89. The van der Waals surface area contributed by atoms with Crippen molar-refractivity contribution < 1.29 is 0 Å². The maximum atomic E-state index is 9.25. The molecule has 0 aliphatic heterocycles. The highest BCUT2D eigenvalue weighted by atomic mass is 79.9. The van der Waals surface area contributed by atoms with Gasteiger partial charge in [0.2, 0.25) is 0 Å². The van der Waals surface area contributed by atoms with E-state index in [0.717, 1.165) is 16.6 Å². The lowest BCUT2D eigenvalue weighted by atomic mass is 10.2. The summed E-state index contributed by atoms with van der Waals surface area (Å²) in [6, 6.07) is 10.1. The Balaban J connectivity index is 2.38. The van der Waals surface area contributed by atoms with Crippen LogP contribution in [0.4, 0.5) is 11.6 Å². The second-order valence-electron chi connectivity index (χ2n) is 4.50. The average Bonchev–Trinajstić information content (AvgIpc) is 2.74. The van der Waals surface area contributed by atoms with E-state index in [1.165, 1.54) is 0 Å². The van der Waals surface area contributed by atoms with E-state index in [4.69, 9.17) is 5.73 Å². The van der Waals surface area contributed by atoms with Crippen LogP contribution in [-0.2, 0) is 6.54 Å². The van der Waals surface area contributed by atoms with Crippen molar-refractivity contribution in [3.63, 3.8) is 0 Å². The van der Waals surface area contributed by atoms with Gasteiger partial charge in [0.1, 0.15) is 17.5 Å². The van der Waals surface area contributed by atoms with E-state index in [9.17, 15) is 5.26 Å². The molecule has 2 N–H and O–H groups in total. The van der Waals surface area contributed by atoms with Gasteiger partial charge in [-0.15, -0.1) is 0 Å². The fourth-order valence-corrected chi connectivity index (χ4v) is 2.36. The van der Waals surface area contributed by atoms with Crippen molar-refractivity contribution in [3.05, 3.63) is 39.9 Å². The highest BCUT2D eigenvalue weighted by Crippen LogP contribution is 2.24. The van der Waals surface area contributed by atoms with Crippen molar-refractivity contribution >= 4 is 27.6 Å². The van der Waals surface area contributed by atoms with E-state index in [1.54, 1.807) is 4.68 Å². The standard InChI is InChI=1S/C14H16BrN5/c1-3-19(2)14-12(8-16)13(17)20(18-14)9-10-5-4-6-11(15)7-10/h4-7H,3,9,17H2,1-2H3. The Morgan fingerprint density at radius 2 is 2.25 bits per heavy atom. The normalized spacial score (nSPS) is 10.3. The number of nitrogens with two attached hydrogens (primary N) is 1. The highest BCUT2D eigenvalue weighted by Gasteiger charge is 2.17. The molecule has 0 aliphatic carbocycles. The van der Waals surface area contributed by atoms with Crippen LogP contribution >= 0.6 is 15.9 Å². The second-order valence-corrected chi connectivity index (χ2v) is 5.41. The number of hydrogen-bond acceptors (Lipinski definition) is 4. The zero-order chi connectivity index (χ0) is 14.7. The van der Waals surface area contributed by atoms with Crippen LogP contribution in [0, 0.1) is 11.3 Å². The maximum absolute atomic E-state index is 9.25. The molecule has 0 aliphatic rings. The van der Waals surface area contributed by atoms with E-state index in [-0.39, 0.29) is 0 Å². The second kappa shape index (κ2) is 5.97. The Labute approximate surface area is 126 Å². The molecular formula is C14H16BrN5. The molecule has 1 aromatic carbocycles. The van der Waals surface area contributed by atoms with E-state index < -0.39 is 0 Å². The topological polar surface area (TPSA) is 70.9 Å². The van der Waals surface area contributed by atoms with Crippen molar-refractivity contribution in [2.45, 2.75) is 13.5 Å². The molecule has 0 saturated heterocycles. The lowest BCUT2D eigenvalue weighted by molar-refractivity contribution is 0.691. The summed E-state index contributed by atoms with van der Waals surface area (Å²) < 4.78 is 2.68. The molecule has 6 heteroatoms. The summed E-state index contributed by atoms with van der Waals surface area (Å²) in [5, 5.41) is 13.7. The van der Waals surface area contributed by atoms with E-state index in [1.807, 2.05) is 43.1 Å². The number of nitrogen functional groups attached to an aromatic ring is 1. The number of aromatic nitrogens is 2. The summed E-state index contributed by atoms with van der Waals surface area (Å²) in [6.45, 7) is 3.31. The molecule has 2 rings (SSSR count). The van der Waals surface area contributed by atoms with Gasteiger partial charge in [0.05, 0.1) is 6.54 Å². The minimum absolute atomic E-state index is 0.405. The molecule has 0 atom stereocenters. The van der Waals surface area contributed by atoms with Crippen molar-refractivity contribution in [2.75, 3.05) is 24.2 Å². The molecule has 0 bridgehead atoms. The molecule has 5 nitrogen and oxygen atoms in total. The zero-order valence-electron chi connectivity index (χ0n) is 11.5. The van der Waals surface area contributed by atoms with Gasteiger partial charge in [0.25, 0.3) is 0 Å². The van der Waals surface area contributed by atoms with Crippen molar-refractivity contribution in [1.29, 1.82) is 5.26 Å². The van der Waals surface area contributed by atoms with Gasteiger partial charge in [-0.3, -0.25) is 0 Å². The third-order valence-corrected chi connectivity index (χ3v) is 3.64. The van der Waals surface area contributed by atoms with Crippen LogP contribution < -0.4 is 10.6 Å². The van der Waals surface area contributed by atoms with Gasteiger partial charge in [-0.2, -0.15) is 10.4 Å². The predicted molar refractivity (Wildman–Crippen MR) is 83.5 cm³/mol. The van der Waals surface area contributed by atoms with Crippen LogP contribution in [0.5, 0.6) is 0 Å². The summed E-state index contributed by atoms with van der Waals surface area (Å²) in [6.07, 6.45) is 0. The Hall–Kier alpha value is -2.00. The molecular weight excluding hydrogens is 318 g/mol.